The van der Waals surface area contributed by atoms with Crippen LogP contribution in [0, 0.1) is 11.6 Å². The van der Waals surface area contributed by atoms with Gasteiger partial charge in [0.15, 0.2) is 0 Å². The molecule has 0 spiro atoms. The third kappa shape index (κ3) is 3.53. The molecule has 2 atom stereocenters. The number of carbonyl (C=O) groups is 2. The first-order valence-corrected chi connectivity index (χ1v) is 9.37. The number of halogens is 2. The highest BCUT2D eigenvalue weighted by Crippen LogP contribution is 2.40. The molecule has 0 aromatic heterocycles. The van der Waals surface area contributed by atoms with E-state index in [1.54, 1.807) is 6.07 Å². The summed E-state index contributed by atoms with van der Waals surface area (Å²) in [5, 5.41) is 10.8. The number of ether oxygens (including phenoxy) is 1. The molecule has 7 heteroatoms. The topological polar surface area (TPSA) is 66.8 Å². The second-order valence-corrected chi connectivity index (χ2v) is 7.11. The van der Waals surface area contributed by atoms with Crippen LogP contribution in [-0.2, 0) is 14.3 Å². The fraction of sp³-hybridized carbons (Fsp3) is 0.273. The van der Waals surface area contributed by atoms with Gasteiger partial charge < -0.3 is 14.7 Å². The van der Waals surface area contributed by atoms with Crippen molar-refractivity contribution in [1.82, 2.24) is 4.90 Å². The molecule has 2 heterocycles. The number of rotatable bonds is 4. The smallest absolute Gasteiger partial charge is 0.295 e. The number of ketones is 1. The first-order chi connectivity index (χ1) is 14.0. The lowest BCUT2D eigenvalue weighted by atomic mass is 9.95. The summed E-state index contributed by atoms with van der Waals surface area (Å²) in [6.07, 6.45) is 1.31. The molecule has 0 bridgehead atoms. The average molecular weight is 399 g/mol. The van der Waals surface area contributed by atoms with Crippen molar-refractivity contribution in [2.45, 2.75) is 25.0 Å². The summed E-state index contributed by atoms with van der Waals surface area (Å²) in [4.78, 5) is 26.9. The zero-order valence-electron chi connectivity index (χ0n) is 15.5. The third-order valence-corrected chi connectivity index (χ3v) is 5.28. The highest BCUT2D eigenvalue weighted by atomic mass is 19.1. The molecule has 4 rings (SSSR count). The average Bonchev–Trinajstić information content (AvgIpc) is 3.31. The SMILES string of the molecule is O=C1C(=O)N(C[C@@H]2CCCO2)[C@@H](c2ccccc2F)C1=C(O)c1ccc(F)cc1. The number of aliphatic hydroxyl groups excluding tert-OH is 1. The Bertz CT molecular complexity index is 981. The first-order valence-electron chi connectivity index (χ1n) is 9.37. The summed E-state index contributed by atoms with van der Waals surface area (Å²) >= 11 is 0. The van der Waals surface area contributed by atoms with Gasteiger partial charge >= 0.3 is 0 Å². The van der Waals surface area contributed by atoms with Crippen LogP contribution in [0.25, 0.3) is 5.76 Å². The summed E-state index contributed by atoms with van der Waals surface area (Å²) in [7, 11) is 0. The maximum absolute atomic E-state index is 14.6. The van der Waals surface area contributed by atoms with Crippen molar-refractivity contribution in [2.75, 3.05) is 13.2 Å². The van der Waals surface area contributed by atoms with E-state index in [2.05, 4.69) is 0 Å². The summed E-state index contributed by atoms with van der Waals surface area (Å²) in [6.45, 7) is 0.679. The van der Waals surface area contributed by atoms with Gasteiger partial charge in [0, 0.05) is 24.3 Å². The predicted molar refractivity (Wildman–Crippen MR) is 101 cm³/mol. The second-order valence-electron chi connectivity index (χ2n) is 7.11. The van der Waals surface area contributed by atoms with Crippen LogP contribution in [0.5, 0.6) is 0 Å². The molecule has 1 amide bonds. The minimum absolute atomic E-state index is 0.105. The second kappa shape index (κ2) is 7.75. The number of benzene rings is 2. The Kier molecular flexibility index (Phi) is 5.15. The van der Waals surface area contributed by atoms with Crippen molar-refractivity contribution in [3.8, 4) is 0 Å². The molecule has 0 unspecified atom stereocenters. The largest absolute Gasteiger partial charge is 0.507 e. The van der Waals surface area contributed by atoms with Gasteiger partial charge in [0.2, 0.25) is 0 Å². The standard InChI is InChI=1S/C22H19F2NO4/c23-14-9-7-13(8-10-14)20(26)18-19(16-5-1-2-6-17(16)24)25(22(28)21(18)27)12-15-4-3-11-29-15/h1-2,5-10,15,19,26H,3-4,11-12H2/t15-,19-/m0/s1. The highest BCUT2D eigenvalue weighted by Gasteiger charge is 2.47. The first kappa shape index (κ1) is 19.3. The minimum Gasteiger partial charge on any atom is -0.507 e. The molecule has 2 aromatic rings. The van der Waals surface area contributed by atoms with E-state index in [-0.39, 0.29) is 29.3 Å². The van der Waals surface area contributed by atoms with Crippen LogP contribution in [-0.4, -0.2) is 41.0 Å². The van der Waals surface area contributed by atoms with Crippen molar-refractivity contribution >= 4 is 17.4 Å². The van der Waals surface area contributed by atoms with E-state index in [0.717, 1.165) is 25.0 Å². The molecule has 2 aliphatic heterocycles. The monoisotopic (exact) mass is 399 g/mol. The Hall–Kier alpha value is -3.06. The molecule has 0 radical (unpaired) electrons. The summed E-state index contributed by atoms with van der Waals surface area (Å²) in [5.74, 6) is -3.30. The molecule has 0 saturated carbocycles. The van der Waals surface area contributed by atoms with E-state index >= 15 is 0 Å². The quantitative estimate of drug-likeness (QED) is 0.485. The van der Waals surface area contributed by atoms with Crippen LogP contribution in [0.2, 0.25) is 0 Å². The van der Waals surface area contributed by atoms with E-state index in [0.29, 0.717) is 6.61 Å². The van der Waals surface area contributed by atoms with Gasteiger partial charge in [-0.25, -0.2) is 8.78 Å². The Morgan fingerprint density at radius 3 is 2.48 bits per heavy atom. The van der Waals surface area contributed by atoms with Crippen LogP contribution >= 0.6 is 0 Å². The Morgan fingerprint density at radius 1 is 1.10 bits per heavy atom. The van der Waals surface area contributed by atoms with Gasteiger partial charge in [0.1, 0.15) is 17.4 Å². The van der Waals surface area contributed by atoms with Gasteiger partial charge in [0.25, 0.3) is 11.7 Å². The molecular weight excluding hydrogens is 380 g/mol. The van der Waals surface area contributed by atoms with Crippen molar-refractivity contribution in [2.24, 2.45) is 0 Å². The van der Waals surface area contributed by atoms with Crippen LogP contribution in [0.4, 0.5) is 8.78 Å². The number of aliphatic hydroxyl groups is 1. The van der Waals surface area contributed by atoms with Crippen LogP contribution in [0.15, 0.2) is 54.1 Å². The zero-order valence-corrected chi connectivity index (χ0v) is 15.5. The number of likely N-dealkylation sites (tertiary alicyclic amines) is 1. The normalized spacial score (nSPS) is 23.7. The number of Topliss-reactive ketones (excluding diaryl/α,β-unsaturated/α-hetero) is 1. The van der Waals surface area contributed by atoms with E-state index < -0.39 is 35.1 Å². The van der Waals surface area contributed by atoms with E-state index in [9.17, 15) is 23.5 Å². The van der Waals surface area contributed by atoms with Crippen molar-refractivity contribution in [3.05, 3.63) is 76.9 Å². The fourth-order valence-corrected chi connectivity index (χ4v) is 3.86. The lowest BCUT2D eigenvalue weighted by Crippen LogP contribution is -2.36. The van der Waals surface area contributed by atoms with Crippen molar-refractivity contribution in [3.63, 3.8) is 0 Å². The Labute approximate surface area is 166 Å². The molecule has 150 valence electrons. The van der Waals surface area contributed by atoms with Crippen molar-refractivity contribution in [1.29, 1.82) is 0 Å². The number of hydrogen-bond donors (Lipinski definition) is 1. The lowest BCUT2D eigenvalue weighted by Gasteiger charge is -2.27. The van der Waals surface area contributed by atoms with Crippen LogP contribution in [0.3, 0.4) is 0 Å². The van der Waals surface area contributed by atoms with Gasteiger partial charge in [-0.05, 0) is 43.2 Å². The molecule has 1 N–H and O–H groups in total. The van der Waals surface area contributed by atoms with Gasteiger partial charge in [-0.3, -0.25) is 9.59 Å². The number of amides is 1. The molecule has 29 heavy (non-hydrogen) atoms. The van der Waals surface area contributed by atoms with Crippen LogP contribution < -0.4 is 0 Å². The maximum atomic E-state index is 14.6. The van der Waals surface area contributed by atoms with Gasteiger partial charge in [-0.2, -0.15) is 0 Å². The van der Waals surface area contributed by atoms with Crippen molar-refractivity contribution < 1.29 is 28.2 Å². The molecular formula is C22H19F2NO4. The molecule has 5 nitrogen and oxygen atoms in total. The zero-order chi connectivity index (χ0) is 20.5. The number of carbonyl (C=O) groups excluding carboxylic acids is 2. The van der Waals surface area contributed by atoms with E-state index in [1.165, 1.54) is 35.2 Å². The lowest BCUT2D eigenvalue weighted by molar-refractivity contribution is -0.140. The summed E-state index contributed by atoms with van der Waals surface area (Å²) < 4.78 is 33.5. The summed E-state index contributed by atoms with van der Waals surface area (Å²) in [5.41, 5.74) is 0.0564. The fourth-order valence-electron chi connectivity index (χ4n) is 3.86. The van der Waals surface area contributed by atoms with Gasteiger partial charge in [-0.1, -0.05) is 18.2 Å². The molecule has 2 aliphatic rings. The Morgan fingerprint density at radius 2 is 1.83 bits per heavy atom. The molecule has 2 aromatic carbocycles. The molecule has 2 saturated heterocycles. The third-order valence-electron chi connectivity index (χ3n) is 5.28. The number of hydrogen-bond acceptors (Lipinski definition) is 4. The van der Waals surface area contributed by atoms with E-state index in [4.69, 9.17) is 4.74 Å². The summed E-state index contributed by atoms with van der Waals surface area (Å²) in [6, 6.07) is 9.60. The minimum atomic E-state index is -1.09. The molecule has 2 fully saturated rings. The number of nitrogens with zero attached hydrogens (tertiary/aromatic N) is 1. The van der Waals surface area contributed by atoms with Gasteiger partial charge in [-0.15, -0.1) is 0 Å². The van der Waals surface area contributed by atoms with Gasteiger partial charge in [0.05, 0.1) is 17.7 Å². The predicted octanol–water partition coefficient (Wildman–Crippen LogP) is 3.57. The van der Waals surface area contributed by atoms with E-state index in [1.807, 2.05) is 0 Å². The molecule has 0 aliphatic carbocycles. The maximum Gasteiger partial charge on any atom is 0.295 e. The Balaban J connectivity index is 1.84. The van der Waals surface area contributed by atoms with Crippen LogP contribution in [0.1, 0.15) is 30.0 Å². The highest BCUT2D eigenvalue weighted by molar-refractivity contribution is 6.46.